The third-order valence-electron chi connectivity index (χ3n) is 3.21. The summed E-state index contributed by atoms with van der Waals surface area (Å²) in [4.78, 5) is 5.56. The second kappa shape index (κ2) is 6.03. The second-order valence-electron chi connectivity index (χ2n) is 4.55. The quantitative estimate of drug-likeness (QED) is 0.766. The normalized spacial score (nSPS) is 12.9. The van der Waals surface area contributed by atoms with Crippen molar-refractivity contribution in [3.05, 3.63) is 51.1 Å². The summed E-state index contributed by atoms with van der Waals surface area (Å²) in [6.07, 6.45) is 8.40. The molecule has 0 aliphatic rings. The van der Waals surface area contributed by atoms with E-state index in [1.165, 1.54) is 10.4 Å². The number of aromatic nitrogens is 3. The number of thiophene rings is 1. The average molecular weight is 351 g/mol. The Morgan fingerprint density at radius 1 is 1.45 bits per heavy atom. The predicted molar refractivity (Wildman–Crippen MR) is 85.1 cm³/mol. The van der Waals surface area contributed by atoms with Crippen molar-refractivity contribution >= 4 is 32.8 Å². The maximum Gasteiger partial charge on any atom is 0.0892 e. The summed E-state index contributed by atoms with van der Waals surface area (Å²) in [5, 5.41) is 10.1. The van der Waals surface area contributed by atoms with Gasteiger partial charge in [-0.15, -0.1) is 11.3 Å². The van der Waals surface area contributed by atoms with Crippen LogP contribution < -0.4 is 5.32 Å². The Morgan fingerprint density at radius 3 is 3.10 bits per heavy atom. The van der Waals surface area contributed by atoms with Crippen molar-refractivity contribution in [3.8, 4) is 0 Å². The van der Waals surface area contributed by atoms with Crippen molar-refractivity contribution in [3.63, 3.8) is 0 Å². The second-order valence-corrected chi connectivity index (χ2v) is 6.46. The van der Waals surface area contributed by atoms with Crippen LogP contribution in [-0.4, -0.2) is 21.1 Å². The van der Waals surface area contributed by atoms with E-state index in [9.17, 15) is 0 Å². The molecule has 1 atom stereocenters. The summed E-state index contributed by atoms with van der Waals surface area (Å²) in [5.41, 5.74) is 2.26. The minimum absolute atomic E-state index is 0.257. The van der Waals surface area contributed by atoms with Crippen LogP contribution in [0.2, 0.25) is 0 Å². The van der Waals surface area contributed by atoms with Crippen LogP contribution in [-0.2, 0) is 6.42 Å². The van der Waals surface area contributed by atoms with Gasteiger partial charge in [0.2, 0.25) is 0 Å². The first-order valence-electron chi connectivity index (χ1n) is 6.51. The summed E-state index contributed by atoms with van der Waals surface area (Å²) < 4.78 is 3.02. The van der Waals surface area contributed by atoms with Gasteiger partial charge in [0.1, 0.15) is 0 Å². The van der Waals surface area contributed by atoms with Gasteiger partial charge < -0.3 is 5.32 Å². The fourth-order valence-electron chi connectivity index (χ4n) is 2.32. The number of nitrogens with one attached hydrogen (secondary N) is 1. The van der Waals surface area contributed by atoms with E-state index < -0.39 is 0 Å². The van der Waals surface area contributed by atoms with Crippen molar-refractivity contribution in [2.75, 3.05) is 6.54 Å². The lowest BCUT2D eigenvalue weighted by molar-refractivity contribution is 0.556. The van der Waals surface area contributed by atoms with E-state index in [-0.39, 0.29) is 6.04 Å². The first kappa shape index (κ1) is 13.7. The summed E-state index contributed by atoms with van der Waals surface area (Å²) in [5.74, 6) is 0. The topological polar surface area (TPSA) is 42.2 Å². The molecule has 3 heterocycles. The minimum atomic E-state index is 0.257. The third kappa shape index (κ3) is 2.77. The van der Waals surface area contributed by atoms with Crippen LogP contribution in [0.3, 0.4) is 0 Å². The predicted octanol–water partition coefficient (Wildman–Crippen LogP) is 3.45. The zero-order chi connectivity index (χ0) is 13.9. The fraction of sp³-hybridized carbons (Fsp3) is 0.286. The van der Waals surface area contributed by atoms with Gasteiger partial charge in [0.25, 0.3) is 0 Å². The van der Waals surface area contributed by atoms with Gasteiger partial charge in [0, 0.05) is 45.1 Å². The Hall–Kier alpha value is -1.24. The van der Waals surface area contributed by atoms with E-state index >= 15 is 0 Å². The molecule has 20 heavy (non-hydrogen) atoms. The Kier molecular flexibility index (Phi) is 4.14. The van der Waals surface area contributed by atoms with Crippen LogP contribution in [0.4, 0.5) is 0 Å². The van der Waals surface area contributed by atoms with Gasteiger partial charge in [0.15, 0.2) is 0 Å². The molecule has 0 saturated heterocycles. The van der Waals surface area contributed by atoms with E-state index in [0.29, 0.717) is 0 Å². The highest BCUT2D eigenvalue weighted by atomic mass is 79.9. The van der Waals surface area contributed by atoms with E-state index in [0.717, 1.165) is 23.0 Å². The highest BCUT2D eigenvalue weighted by Crippen LogP contribution is 2.27. The highest BCUT2D eigenvalue weighted by molar-refractivity contribution is 9.10. The molecule has 4 nitrogen and oxygen atoms in total. The number of likely N-dealkylation sites (N-methyl/N-ethyl adjacent to an activating group) is 1. The number of halogens is 1. The molecule has 0 saturated carbocycles. The smallest absolute Gasteiger partial charge is 0.0892 e. The van der Waals surface area contributed by atoms with Crippen molar-refractivity contribution < 1.29 is 0 Å². The van der Waals surface area contributed by atoms with Crippen LogP contribution >= 0.6 is 27.3 Å². The van der Waals surface area contributed by atoms with Crippen molar-refractivity contribution in [2.45, 2.75) is 19.4 Å². The molecule has 0 aromatic carbocycles. The standard InChI is InChI=1S/C14H15BrN4S/c1-2-17-13(6-11-5-10(15)9-20-11)12-7-18-19-4-3-16-8-14(12)19/h3-5,7-9,13,17H,2,6H2,1H3. The molecule has 6 heteroatoms. The monoisotopic (exact) mass is 350 g/mol. The van der Waals surface area contributed by atoms with E-state index in [1.54, 1.807) is 17.5 Å². The first-order valence-corrected chi connectivity index (χ1v) is 8.18. The Morgan fingerprint density at radius 2 is 2.35 bits per heavy atom. The van der Waals surface area contributed by atoms with E-state index in [2.05, 4.69) is 49.7 Å². The zero-order valence-corrected chi connectivity index (χ0v) is 13.5. The van der Waals surface area contributed by atoms with Gasteiger partial charge in [0.05, 0.1) is 17.9 Å². The number of rotatable bonds is 5. The van der Waals surface area contributed by atoms with Gasteiger partial charge in [-0.05, 0) is 28.5 Å². The highest BCUT2D eigenvalue weighted by Gasteiger charge is 2.17. The molecule has 0 aliphatic heterocycles. The molecule has 3 aromatic rings. The molecule has 0 radical (unpaired) electrons. The molecule has 0 amide bonds. The lowest BCUT2D eigenvalue weighted by atomic mass is 10.0. The first-order chi connectivity index (χ1) is 9.78. The van der Waals surface area contributed by atoms with Crippen LogP contribution in [0, 0.1) is 0 Å². The Balaban J connectivity index is 1.93. The zero-order valence-electron chi connectivity index (χ0n) is 11.1. The molecule has 104 valence electrons. The number of fused-ring (bicyclic) bond motifs is 1. The van der Waals surface area contributed by atoms with Gasteiger partial charge in [-0.2, -0.15) is 5.10 Å². The van der Waals surface area contributed by atoms with Crippen molar-refractivity contribution in [2.24, 2.45) is 0 Å². The molecule has 0 spiro atoms. The largest absolute Gasteiger partial charge is 0.310 e. The number of nitrogens with zero attached hydrogens (tertiary/aromatic N) is 3. The van der Waals surface area contributed by atoms with Crippen LogP contribution in [0.1, 0.15) is 23.4 Å². The van der Waals surface area contributed by atoms with Crippen LogP contribution in [0.5, 0.6) is 0 Å². The van der Waals surface area contributed by atoms with E-state index in [4.69, 9.17) is 0 Å². The van der Waals surface area contributed by atoms with E-state index in [1.807, 2.05) is 23.1 Å². The van der Waals surface area contributed by atoms with Crippen molar-refractivity contribution in [1.82, 2.24) is 19.9 Å². The Bertz CT molecular complexity index is 706. The fourth-order valence-corrected chi connectivity index (χ4v) is 3.82. The van der Waals surface area contributed by atoms with Gasteiger partial charge in [-0.25, -0.2) is 4.52 Å². The molecule has 1 N–H and O–H groups in total. The number of hydrogen-bond acceptors (Lipinski definition) is 4. The minimum Gasteiger partial charge on any atom is -0.310 e. The SMILES string of the molecule is CCNC(Cc1cc(Br)cs1)c1cnn2ccncc12. The lowest BCUT2D eigenvalue weighted by Crippen LogP contribution is -2.22. The average Bonchev–Trinajstić information content (AvgIpc) is 3.04. The van der Waals surface area contributed by atoms with Crippen LogP contribution in [0.15, 0.2) is 40.7 Å². The molecule has 1 unspecified atom stereocenters. The van der Waals surface area contributed by atoms with Gasteiger partial charge in [-0.3, -0.25) is 4.98 Å². The number of hydrogen-bond donors (Lipinski definition) is 1. The lowest BCUT2D eigenvalue weighted by Gasteiger charge is -2.16. The van der Waals surface area contributed by atoms with Crippen molar-refractivity contribution in [1.29, 1.82) is 0 Å². The maximum absolute atomic E-state index is 4.40. The molecule has 0 bridgehead atoms. The maximum atomic E-state index is 4.40. The van der Waals surface area contributed by atoms with Gasteiger partial charge in [-0.1, -0.05) is 6.92 Å². The summed E-state index contributed by atoms with van der Waals surface area (Å²) in [6, 6.07) is 2.44. The molecule has 3 rings (SSSR count). The summed E-state index contributed by atoms with van der Waals surface area (Å²) in [6.45, 7) is 3.05. The third-order valence-corrected chi connectivity index (χ3v) is 4.93. The molecular formula is C14H15BrN4S. The van der Waals surface area contributed by atoms with Crippen LogP contribution in [0.25, 0.3) is 5.52 Å². The molecule has 0 aliphatic carbocycles. The van der Waals surface area contributed by atoms with Gasteiger partial charge >= 0.3 is 0 Å². The molecule has 0 fully saturated rings. The molecular weight excluding hydrogens is 336 g/mol. The Labute approximate surface area is 130 Å². The summed E-state index contributed by atoms with van der Waals surface area (Å²) >= 11 is 5.29. The summed E-state index contributed by atoms with van der Waals surface area (Å²) in [7, 11) is 0. The molecule has 3 aromatic heterocycles.